The number of aliphatic hydroxyl groups is 1. The van der Waals surface area contributed by atoms with E-state index in [0.717, 1.165) is 0 Å². The molecule has 1 fully saturated rings. The normalized spacial score (nSPS) is 27.2. The predicted molar refractivity (Wildman–Crippen MR) is 61.8 cm³/mol. The second-order valence-corrected chi connectivity index (χ2v) is 6.62. The van der Waals surface area contributed by atoms with E-state index in [1.165, 1.54) is 21.3 Å². The molecule has 2 heterocycles. The van der Waals surface area contributed by atoms with Crippen LogP contribution in [0.4, 0.5) is 0 Å². The summed E-state index contributed by atoms with van der Waals surface area (Å²) in [6, 6.07) is 1.47. The molecule has 2 rings (SSSR count). The minimum atomic E-state index is -3.55. The Labute approximate surface area is 101 Å². The van der Waals surface area contributed by atoms with E-state index in [-0.39, 0.29) is 11.6 Å². The second-order valence-electron chi connectivity index (χ2n) is 4.73. The third kappa shape index (κ3) is 2.36. The molecule has 1 aliphatic rings. The fraction of sp³-hybridized carbons (Fsp3) is 0.700. The second kappa shape index (κ2) is 4.08. The molecule has 1 atom stereocenters. The molecule has 0 amide bonds. The van der Waals surface area contributed by atoms with Crippen LogP contribution in [-0.4, -0.2) is 46.3 Å². The lowest BCUT2D eigenvalue weighted by molar-refractivity contribution is 0.00928. The maximum atomic E-state index is 12.3. The Balaban J connectivity index is 2.31. The van der Waals surface area contributed by atoms with Crippen LogP contribution in [0.15, 0.2) is 17.3 Å². The number of hydrogen-bond donors (Lipinski definition) is 1. The molecule has 0 aliphatic carbocycles. The Morgan fingerprint density at radius 1 is 1.53 bits per heavy atom. The summed E-state index contributed by atoms with van der Waals surface area (Å²) in [5.41, 5.74) is -0.941. The van der Waals surface area contributed by atoms with Crippen LogP contribution in [0.3, 0.4) is 0 Å². The van der Waals surface area contributed by atoms with Crippen molar-refractivity contribution >= 4 is 10.0 Å². The summed E-state index contributed by atoms with van der Waals surface area (Å²) in [6.45, 7) is 2.25. The van der Waals surface area contributed by atoms with Crippen molar-refractivity contribution in [2.24, 2.45) is 7.05 Å². The summed E-state index contributed by atoms with van der Waals surface area (Å²) in [7, 11) is -1.95. The molecule has 7 heteroatoms. The van der Waals surface area contributed by atoms with Gasteiger partial charge in [0, 0.05) is 20.1 Å². The van der Waals surface area contributed by atoms with Gasteiger partial charge >= 0.3 is 0 Å². The Kier molecular flexibility index (Phi) is 3.01. The van der Waals surface area contributed by atoms with E-state index in [0.29, 0.717) is 19.4 Å². The lowest BCUT2D eigenvalue weighted by Gasteiger charge is -2.35. The minimum Gasteiger partial charge on any atom is -0.389 e. The van der Waals surface area contributed by atoms with Crippen molar-refractivity contribution < 1.29 is 13.5 Å². The van der Waals surface area contributed by atoms with Gasteiger partial charge in [-0.05, 0) is 25.8 Å². The predicted octanol–water partition coefficient (Wildman–Crippen LogP) is -0.0444. The maximum absolute atomic E-state index is 12.3. The van der Waals surface area contributed by atoms with Crippen molar-refractivity contribution in [2.75, 3.05) is 13.1 Å². The highest BCUT2D eigenvalue weighted by molar-refractivity contribution is 7.89. The van der Waals surface area contributed by atoms with Crippen LogP contribution < -0.4 is 0 Å². The number of nitrogens with zero attached hydrogens (tertiary/aromatic N) is 3. The summed E-state index contributed by atoms with van der Waals surface area (Å²) in [6.07, 6.45) is 2.75. The molecule has 1 saturated heterocycles. The lowest BCUT2D eigenvalue weighted by atomic mass is 9.97. The van der Waals surface area contributed by atoms with E-state index in [9.17, 15) is 13.5 Å². The van der Waals surface area contributed by atoms with Gasteiger partial charge in [0.1, 0.15) is 0 Å². The summed E-state index contributed by atoms with van der Waals surface area (Å²) in [4.78, 5) is 0. The standard InChI is InChI=1S/C10H17N3O3S/c1-10(14)5-3-7-13(8-10)17(15,16)9-4-6-11-12(9)2/h4,6,14H,3,5,7-8H2,1-2H3. The van der Waals surface area contributed by atoms with E-state index in [4.69, 9.17) is 0 Å². The van der Waals surface area contributed by atoms with Crippen molar-refractivity contribution in [1.29, 1.82) is 0 Å². The van der Waals surface area contributed by atoms with Gasteiger partial charge in [-0.3, -0.25) is 4.68 Å². The van der Waals surface area contributed by atoms with Crippen molar-refractivity contribution in [1.82, 2.24) is 14.1 Å². The van der Waals surface area contributed by atoms with E-state index >= 15 is 0 Å². The number of piperidine rings is 1. The van der Waals surface area contributed by atoms with Crippen molar-refractivity contribution in [2.45, 2.75) is 30.4 Å². The highest BCUT2D eigenvalue weighted by atomic mass is 32.2. The van der Waals surface area contributed by atoms with Crippen LogP contribution in [0.1, 0.15) is 19.8 Å². The molecule has 17 heavy (non-hydrogen) atoms. The van der Waals surface area contributed by atoms with Gasteiger partial charge in [0.05, 0.1) is 11.8 Å². The third-order valence-corrected chi connectivity index (χ3v) is 4.94. The molecule has 0 aromatic carbocycles. The first-order chi connectivity index (χ1) is 7.83. The number of aryl methyl sites for hydroxylation is 1. The number of sulfonamides is 1. The summed E-state index contributed by atoms with van der Waals surface area (Å²) in [5, 5.41) is 14.0. The Bertz CT molecular complexity index is 507. The number of β-amino-alcohol motifs (C(OH)–C–C–N with tert-alkyl or cyclic N) is 1. The van der Waals surface area contributed by atoms with Crippen molar-refractivity contribution in [3.8, 4) is 0 Å². The molecule has 1 aliphatic heterocycles. The van der Waals surface area contributed by atoms with Crippen LogP contribution in [0, 0.1) is 0 Å². The van der Waals surface area contributed by atoms with Gasteiger partial charge in [-0.15, -0.1) is 0 Å². The van der Waals surface area contributed by atoms with Crippen molar-refractivity contribution in [3.63, 3.8) is 0 Å². The maximum Gasteiger partial charge on any atom is 0.260 e. The monoisotopic (exact) mass is 259 g/mol. The molecule has 1 unspecified atom stereocenters. The first-order valence-electron chi connectivity index (χ1n) is 5.53. The average Bonchev–Trinajstić information content (AvgIpc) is 2.63. The average molecular weight is 259 g/mol. The van der Waals surface area contributed by atoms with Gasteiger partial charge in [-0.2, -0.15) is 9.40 Å². The van der Waals surface area contributed by atoms with Gasteiger partial charge in [-0.1, -0.05) is 0 Å². The number of rotatable bonds is 2. The SMILES string of the molecule is Cn1nccc1S(=O)(=O)N1CCCC(C)(O)C1. The van der Waals surface area contributed by atoms with Crippen molar-refractivity contribution in [3.05, 3.63) is 12.3 Å². The van der Waals surface area contributed by atoms with E-state index in [1.54, 1.807) is 14.0 Å². The summed E-state index contributed by atoms with van der Waals surface area (Å²) in [5.74, 6) is 0. The highest BCUT2D eigenvalue weighted by Gasteiger charge is 2.36. The van der Waals surface area contributed by atoms with E-state index < -0.39 is 15.6 Å². The fourth-order valence-corrected chi connectivity index (χ4v) is 3.82. The largest absolute Gasteiger partial charge is 0.389 e. The molecule has 1 N–H and O–H groups in total. The summed E-state index contributed by atoms with van der Waals surface area (Å²) >= 11 is 0. The molecule has 96 valence electrons. The molecular weight excluding hydrogens is 242 g/mol. The zero-order valence-electron chi connectivity index (χ0n) is 10.00. The molecule has 0 radical (unpaired) electrons. The van der Waals surface area contributed by atoms with Gasteiger partial charge in [0.2, 0.25) is 0 Å². The minimum absolute atomic E-state index is 0.139. The Morgan fingerprint density at radius 3 is 2.76 bits per heavy atom. The van der Waals surface area contributed by atoms with Crippen LogP contribution >= 0.6 is 0 Å². The zero-order chi connectivity index (χ0) is 12.7. The van der Waals surface area contributed by atoms with Crippen LogP contribution in [0.5, 0.6) is 0 Å². The van der Waals surface area contributed by atoms with Gasteiger partial charge in [0.15, 0.2) is 5.03 Å². The molecule has 0 spiro atoms. The first kappa shape index (κ1) is 12.5. The number of hydrogen-bond acceptors (Lipinski definition) is 4. The lowest BCUT2D eigenvalue weighted by Crippen LogP contribution is -2.48. The molecular formula is C10H17N3O3S. The van der Waals surface area contributed by atoms with Gasteiger partial charge < -0.3 is 5.11 Å². The quantitative estimate of drug-likeness (QED) is 0.808. The molecule has 1 aromatic rings. The molecule has 1 aromatic heterocycles. The Hall–Kier alpha value is -0.920. The van der Waals surface area contributed by atoms with Crippen LogP contribution in [0.2, 0.25) is 0 Å². The van der Waals surface area contributed by atoms with Crippen LogP contribution in [-0.2, 0) is 17.1 Å². The zero-order valence-corrected chi connectivity index (χ0v) is 10.8. The molecule has 0 bridgehead atoms. The third-order valence-electron chi connectivity index (χ3n) is 3.02. The van der Waals surface area contributed by atoms with E-state index in [2.05, 4.69) is 5.10 Å². The molecule has 6 nitrogen and oxygen atoms in total. The smallest absolute Gasteiger partial charge is 0.260 e. The Morgan fingerprint density at radius 2 is 2.24 bits per heavy atom. The van der Waals surface area contributed by atoms with Gasteiger partial charge in [-0.25, -0.2) is 8.42 Å². The van der Waals surface area contributed by atoms with E-state index in [1.807, 2.05) is 0 Å². The topological polar surface area (TPSA) is 75.4 Å². The summed E-state index contributed by atoms with van der Waals surface area (Å²) < 4.78 is 27.3. The molecule has 0 saturated carbocycles. The number of aromatic nitrogens is 2. The van der Waals surface area contributed by atoms with Crippen LogP contribution in [0.25, 0.3) is 0 Å². The fourth-order valence-electron chi connectivity index (χ4n) is 2.13. The highest BCUT2D eigenvalue weighted by Crippen LogP contribution is 2.25. The first-order valence-corrected chi connectivity index (χ1v) is 6.97. The van der Waals surface area contributed by atoms with Gasteiger partial charge in [0.25, 0.3) is 10.0 Å².